The van der Waals surface area contributed by atoms with Crippen LogP contribution in [0, 0.1) is 0 Å². The number of aromatic nitrogens is 3. The van der Waals surface area contributed by atoms with Gasteiger partial charge in [0.25, 0.3) is 5.91 Å². The molecule has 1 aromatic carbocycles. The molecule has 37 heavy (non-hydrogen) atoms. The van der Waals surface area contributed by atoms with Crippen molar-refractivity contribution in [3.63, 3.8) is 0 Å². The first-order valence-electron chi connectivity index (χ1n) is 12.6. The molecule has 0 bridgehead atoms. The van der Waals surface area contributed by atoms with Crippen molar-refractivity contribution < 1.29 is 9.53 Å². The van der Waals surface area contributed by atoms with Crippen molar-refractivity contribution in [3.8, 4) is 11.3 Å². The van der Waals surface area contributed by atoms with Gasteiger partial charge in [0.15, 0.2) is 10.8 Å². The van der Waals surface area contributed by atoms with E-state index in [1.807, 2.05) is 18.2 Å². The van der Waals surface area contributed by atoms with E-state index in [-0.39, 0.29) is 5.91 Å². The van der Waals surface area contributed by atoms with Gasteiger partial charge in [0.2, 0.25) is 0 Å². The molecule has 0 N–H and O–H groups in total. The number of amides is 1. The second-order valence-electron chi connectivity index (χ2n) is 9.17. The Kier molecular flexibility index (Phi) is 6.90. The van der Waals surface area contributed by atoms with E-state index in [1.54, 1.807) is 16.8 Å². The summed E-state index contributed by atoms with van der Waals surface area (Å²) in [5, 5.41) is 6.23. The van der Waals surface area contributed by atoms with Crippen LogP contribution in [0.5, 0.6) is 0 Å². The second-order valence-corrected chi connectivity index (χ2v) is 10.6. The van der Waals surface area contributed by atoms with Gasteiger partial charge in [0, 0.05) is 44.8 Å². The Morgan fingerprint density at radius 1 is 1.05 bits per heavy atom. The lowest BCUT2D eigenvalue weighted by Crippen LogP contribution is -2.46. The molecule has 0 spiro atoms. The summed E-state index contributed by atoms with van der Waals surface area (Å²) in [6.07, 6.45) is 3.60. The highest BCUT2D eigenvalue weighted by Crippen LogP contribution is 2.33. The maximum atomic E-state index is 12.6. The second kappa shape index (κ2) is 10.4. The van der Waals surface area contributed by atoms with Crippen molar-refractivity contribution in [2.45, 2.75) is 6.92 Å². The third-order valence-corrected chi connectivity index (χ3v) is 8.30. The minimum atomic E-state index is -0.235. The zero-order valence-electron chi connectivity index (χ0n) is 20.6. The molecule has 2 aromatic heterocycles. The zero-order chi connectivity index (χ0) is 25.4. The molecular weight excluding hydrogens is 510 g/mol. The minimum absolute atomic E-state index is 0.235. The van der Waals surface area contributed by atoms with Gasteiger partial charge in [-0.05, 0) is 48.6 Å². The number of hydrogen-bond donors (Lipinski definition) is 0. The van der Waals surface area contributed by atoms with Crippen LogP contribution in [-0.2, 0) is 9.53 Å². The number of thioether (sulfide) groups is 1. The number of aliphatic imine (C=N–C) groups is 1. The van der Waals surface area contributed by atoms with E-state index in [9.17, 15) is 4.79 Å². The van der Waals surface area contributed by atoms with E-state index in [4.69, 9.17) is 21.4 Å². The molecule has 3 aliphatic rings. The molecule has 192 valence electrons. The quantitative estimate of drug-likeness (QED) is 0.468. The van der Waals surface area contributed by atoms with Gasteiger partial charge in [-0.3, -0.25) is 4.79 Å². The minimum Gasteiger partial charge on any atom is -0.378 e. The summed E-state index contributed by atoms with van der Waals surface area (Å²) in [6.45, 7) is 10.1. The fourth-order valence-electron chi connectivity index (χ4n) is 4.81. The number of halogens is 1. The highest BCUT2D eigenvalue weighted by atomic mass is 35.5. The number of carbonyl (C=O) groups is 1. The van der Waals surface area contributed by atoms with Gasteiger partial charge in [-0.15, -0.1) is 0 Å². The van der Waals surface area contributed by atoms with Crippen molar-refractivity contribution >= 4 is 51.8 Å². The van der Waals surface area contributed by atoms with Crippen molar-refractivity contribution in [1.29, 1.82) is 0 Å². The first-order chi connectivity index (χ1) is 18.1. The molecule has 0 aliphatic carbocycles. The van der Waals surface area contributed by atoms with Crippen LogP contribution in [0.1, 0.15) is 12.6 Å². The summed E-state index contributed by atoms with van der Waals surface area (Å²) in [7, 11) is 0. The van der Waals surface area contributed by atoms with E-state index in [2.05, 4.69) is 43.7 Å². The van der Waals surface area contributed by atoms with Crippen LogP contribution in [0.15, 0.2) is 46.4 Å². The van der Waals surface area contributed by atoms with E-state index in [0.29, 0.717) is 23.8 Å². The van der Waals surface area contributed by atoms with Crippen molar-refractivity contribution in [1.82, 2.24) is 24.4 Å². The van der Waals surface area contributed by atoms with Gasteiger partial charge < -0.3 is 19.4 Å². The summed E-state index contributed by atoms with van der Waals surface area (Å²) >= 11 is 8.15. The van der Waals surface area contributed by atoms with Gasteiger partial charge in [0.05, 0.1) is 46.4 Å². The molecule has 0 unspecified atom stereocenters. The Morgan fingerprint density at radius 3 is 2.62 bits per heavy atom. The molecule has 3 aliphatic heterocycles. The number of nitrogens with zero attached hydrogens (tertiary/aromatic N) is 7. The number of morpholine rings is 1. The number of imidazole rings is 1. The van der Waals surface area contributed by atoms with Gasteiger partial charge in [-0.1, -0.05) is 24.6 Å². The number of carbonyl (C=O) groups excluding carboxylic acids is 1. The van der Waals surface area contributed by atoms with Crippen LogP contribution >= 0.6 is 23.4 Å². The Morgan fingerprint density at radius 2 is 1.86 bits per heavy atom. The average Bonchev–Trinajstić information content (AvgIpc) is 3.52. The van der Waals surface area contributed by atoms with Gasteiger partial charge in [0.1, 0.15) is 0 Å². The van der Waals surface area contributed by atoms with Crippen LogP contribution in [0.4, 0.5) is 5.69 Å². The van der Waals surface area contributed by atoms with Crippen molar-refractivity contribution in [2.24, 2.45) is 4.99 Å². The molecule has 5 heterocycles. The number of rotatable bonds is 4. The molecule has 3 aromatic rings. The van der Waals surface area contributed by atoms with Crippen molar-refractivity contribution in [3.05, 3.63) is 52.2 Å². The fraction of sp³-hybridized carbons (Fsp3) is 0.385. The van der Waals surface area contributed by atoms with E-state index in [1.165, 1.54) is 11.8 Å². The first kappa shape index (κ1) is 24.4. The normalized spacial score (nSPS) is 20.3. The Hall–Kier alpha value is -2.92. The van der Waals surface area contributed by atoms with Crippen molar-refractivity contribution in [2.75, 3.05) is 63.9 Å². The molecule has 0 atom stereocenters. The third-order valence-electron chi connectivity index (χ3n) is 6.96. The van der Waals surface area contributed by atoms with Crippen LogP contribution in [0.2, 0.25) is 5.02 Å². The smallest absolute Gasteiger partial charge is 0.286 e. The Bertz CT molecular complexity index is 1390. The Labute approximate surface area is 224 Å². The molecule has 2 saturated heterocycles. The molecule has 0 saturated carbocycles. The molecule has 11 heteroatoms. The molecule has 0 radical (unpaired) electrons. The molecule has 2 fully saturated rings. The maximum absolute atomic E-state index is 12.6. The number of fused-ring (bicyclic) bond motifs is 1. The summed E-state index contributed by atoms with van der Waals surface area (Å²) in [4.78, 5) is 28.8. The number of piperazine rings is 1. The SMILES string of the molecule is CCN1CCN(c2ccc(-c3cnc4ccc(/C=C5\SC(N6CCOCC6)=NC5=O)nn34)cc2Cl)CC1. The number of anilines is 1. The standard InChI is InChI=1S/C26H28ClN7O2S/c1-2-31-7-9-32(10-8-31)21-5-3-18(15-20(21)27)22-17-28-24-6-4-19(30-34(22)24)16-23-25(35)29-26(37-23)33-11-13-36-14-12-33/h3-6,15-17H,2,7-14H2,1H3/b23-16-. The number of amidine groups is 1. The van der Waals surface area contributed by atoms with Crippen LogP contribution in [0.3, 0.4) is 0 Å². The van der Waals surface area contributed by atoms with Gasteiger partial charge >= 0.3 is 0 Å². The third kappa shape index (κ3) is 4.98. The van der Waals surface area contributed by atoms with E-state index in [0.717, 1.165) is 78.6 Å². The van der Waals surface area contributed by atoms with Crippen LogP contribution in [0.25, 0.3) is 23.0 Å². The predicted octanol–water partition coefficient (Wildman–Crippen LogP) is 3.49. The summed E-state index contributed by atoms with van der Waals surface area (Å²) in [5.41, 5.74) is 4.23. The number of ether oxygens (including phenoxy) is 1. The lowest BCUT2D eigenvalue weighted by Gasteiger charge is -2.36. The summed E-state index contributed by atoms with van der Waals surface area (Å²) in [5.74, 6) is -0.235. The maximum Gasteiger partial charge on any atom is 0.286 e. The Balaban J connectivity index is 1.24. The lowest BCUT2D eigenvalue weighted by atomic mass is 10.1. The number of hydrogen-bond acceptors (Lipinski definition) is 8. The monoisotopic (exact) mass is 537 g/mol. The molecule has 9 nitrogen and oxygen atoms in total. The average molecular weight is 538 g/mol. The fourth-order valence-corrected chi connectivity index (χ4v) is 6.06. The highest BCUT2D eigenvalue weighted by Gasteiger charge is 2.27. The number of benzene rings is 1. The largest absolute Gasteiger partial charge is 0.378 e. The van der Waals surface area contributed by atoms with Gasteiger partial charge in [-0.2, -0.15) is 10.1 Å². The molecule has 6 rings (SSSR count). The first-order valence-corrected chi connectivity index (χ1v) is 13.8. The van der Waals surface area contributed by atoms with Crippen LogP contribution < -0.4 is 4.90 Å². The topological polar surface area (TPSA) is 78.6 Å². The summed E-state index contributed by atoms with van der Waals surface area (Å²) < 4.78 is 7.20. The van der Waals surface area contributed by atoms with Gasteiger partial charge in [-0.25, -0.2) is 9.50 Å². The van der Waals surface area contributed by atoms with E-state index < -0.39 is 0 Å². The molecule has 1 amide bonds. The lowest BCUT2D eigenvalue weighted by molar-refractivity contribution is -0.113. The number of likely N-dealkylation sites (N-methyl/N-ethyl adjacent to an activating group) is 1. The summed E-state index contributed by atoms with van der Waals surface area (Å²) in [6, 6.07) is 9.91. The van der Waals surface area contributed by atoms with Crippen LogP contribution in [-0.4, -0.2) is 94.5 Å². The molecular formula is C26H28ClN7O2S. The zero-order valence-corrected chi connectivity index (χ0v) is 22.2. The van der Waals surface area contributed by atoms with E-state index >= 15 is 0 Å². The predicted molar refractivity (Wildman–Crippen MR) is 148 cm³/mol. The highest BCUT2D eigenvalue weighted by molar-refractivity contribution is 8.18.